The van der Waals surface area contributed by atoms with Crippen LogP contribution in [0.5, 0.6) is 0 Å². The molecule has 1 aliphatic rings. The Hall–Kier alpha value is -1.73. The Kier molecular flexibility index (Phi) is 4.54. The molecule has 7 heteroatoms. The zero-order valence-electron chi connectivity index (χ0n) is 12.8. The molecule has 1 saturated heterocycles. The lowest BCUT2D eigenvalue weighted by Crippen LogP contribution is -2.30. The number of amides is 1. The molecule has 0 saturated carbocycles. The second-order valence-corrected chi connectivity index (χ2v) is 6.52. The molecule has 0 aromatic carbocycles. The fourth-order valence-electron chi connectivity index (χ4n) is 2.67. The summed E-state index contributed by atoms with van der Waals surface area (Å²) in [5.41, 5.74) is 0. The van der Waals surface area contributed by atoms with E-state index in [2.05, 4.69) is 22.4 Å². The Morgan fingerprint density at radius 2 is 2.50 bits per heavy atom. The van der Waals surface area contributed by atoms with E-state index >= 15 is 0 Å². The smallest absolute Gasteiger partial charge is 0.264 e. The molecule has 3 heterocycles. The van der Waals surface area contributed by atoms with Gasteiger partial charge in [0, 0.05) is 19.0 Å². The van der Waals surface area contributed by atoms with E-state index in [1.807, 2.05) is 29.5 Å². The van der Waals surface area contributed by atoms with Crippen molar-refractivity contribution in [2.75, 3.05) is 13.6 Å². The van der Waals surface area contributed by atoms with Gasteiger partial charge in [-0.1, -0.05) is 11.2 Å². The van der Waals surface area contributed by atoms with Gasteiger partial charge in [-0.25, -0.2) is 0 Å². The summed E-state index contributed by atoms with van der Waals surface area (Å²) < 4.78 is 5.41. The number of thiophene rings is 1. The van der Waals surface area contributed by atoms with Crippen LogP contribution in [0.4, 0.5) is 0 Å². The maximum absolute atomic E-state index is 12.6. The highest BCUT2D eigenvalue weighted by atomic mass is 32.1. The molecule has 3 rings (SSSR count). The van der Waals surface area contributed by atoms with Crippen LogP contribution in [0.15, 0.2) is 22.0 Å². The molecule has 1 N–H and O–H groups in total. The molecule has 2 unspecified atom stereocenters. The number of hydrogen-bond donors (Lipinski definition) is 1. The number of nitrogens with zero attached hydrogens (tertiary/aromatic N) is 3. The topological polar surface area (TPSA) is 71.3 Å². The first kappa shape index (κ1) is 15.2. The average Bonchev–Trinajstić information content (AvgIpc) is 3.26. The Balaban J connectivity index is 1.74. The number of likely N-dealkylation sites (tertiary alicyclic amines) is 1. The van der Waals surface area contributed by atoms with Gasteiger partial charge < -0.3 is 14.7 Å². The molecule has 2 aromatic heterocycles. The second-order valence-electron chi connectivity index (χ2n) is 5.58. The highest BCUT2D eigenvalue weighted by Crippen LogP contribution is 2.32. The summed E-state index contributed by atoms with van der Waals surface area (Å²) in [7, 11) is 1.91. The summed E-state index contributed by atoms with van der Waals surface area (Å²) in [6.45, 7) is 2.81. The van der Waals surface area contributed by atoms with Gasteiger partial charge >= 0.3 is 0 Å². The van der Waals surface area contributed by atoms with E-state index < -0.39 is 0 Å². The molecular formula is C15H20N4O2S. The van der Waals surface area contributed by atoms with Crippen molar-refractivity contribution in [1.29, 1.82) is 0 Å². The number of carbonyl (C=O) groups excluding carboxylic acids is 1. The standard InChI is InChI=1S/C15H20N4O2S/c1-10(16-2)9-13-17-14(21-18-13)11-5-3-7-19(11)15(20)12-6-4-8-22-12/h4,6,8,10-11,16H,3,5,7,9H2,1-2H3. The van der Waals surface area contributed by atoms with Crippen molar-refractivity contribution in [2.45, 2.75) is 38.3 Å². The third-order valence-electron chi connectivity index (χ3n) is 4.00. The van der Waals surface area contributed by atoms with E-state index in [0.29, 0.717) is 18.1 Å². The molecule has 1 amide bonds. The first-order valence-corrected chi connectivity index (χ1v) is 8.41. The molecule has 2 aromatic rings. The van der Waals surface area contributed by atoms with Crippen molar-refractivity contribution in [3.05, 3.63) is 34.1 Å². The van der Waals surface area contributed by atoms with Gasteiger partial charge in [0.05, 0.1) is 4.88 Å². The summed E-state index contributed by atoms with van der Waals surface area (Å²) in [6, 6.07) is 3.95. The predicted octanol–water partition coefficient (Wildman–Crippen LogP) is 2.26. The van der Waals surface area contributed by atoms with Gasteiger partial charge in [0.25, 0.3) is 5.91 Å². The predicted molar refractivity (Wildman–Crippen MR) is 83.9 cm³/mol. The lowest BCUT2D eigenvalue weighted by Gasteiger charge is -2.21. The third kappa shape index (κ3) is 3.05. The van der Waals surface area contributed by atoms with Gasteiger partial charge in [0.2, 0.25) is 5.89 Å². The van der Waals surface area contributed by atoms with Gasteiger partial charge in [-0.05, 0) is 38.3 Å². The van der Waals surface area contributed by atoms with E-state index in [-0.39, 0.29) is 18.0 Å². The number of hydrogen-bond acceptors (Lipinski definition) is 6. The molecule has 2 atom stereocenters. The lowest BCUT2D eigenvalue weighted by atomic mass is 10.2. The van der Waals surface area contributed by atoms with Gasteiger partial charge in [0.1, 0.15) is 6.04 Å². The first-order valence-electron chi connectivity index (χ1n) is 7.53. The van der Waals surface area contributed by atoms with Gasteiger partial charge in [-0.2, -0.15) is 4.98 Å². The molecular weight excluding hydrogens is 300 g/mol. The van der Waals surface area contributed by atoms with Crippen LogP contribution in [0.25, 0.3) is 0 Å². The van der Waals surface area contributed by atoms with E-state index in [9.17, 15) is 4.79 Å². The van der Waals surface area contributed by atoms with Gasteiger partial charge in [-0.15, -0.1) is 11.3 Å². The molecule has 0 bridgehead atoms. The minimum atomic E-state index is -0.0965. The quantitative estimate of drug-likeness (QED) is 0.915. The molecule has 1 aliphatic heterocycles. The van der Waals surface area contributed by atoms with E-state index in [4.69, 9.17) is 4.52 Å². The van der Waals surface area contributed by atoms with Gasteiger partial charge in [-0.3, -0.25) is 4.79 Å². The number of carbonyl (C=O) groups is 1. The fraction of sp³-hybridized carbons (Fsp3) is 0.533. The summed E-state index contributed by atoms with van der Waals surface area (Å²) >= 11 is 1.47. The zero-order chi connectivity index (χ0) is 15.5. The fourth-order valence-corrected chi connectivity index (χ4v) is 3.35. The number of aromatic nitrogens is 2. The molecule has 6 nitrogen and oxygen atoms in total. The summed E-state index contributed by atoms with van der Waals surface area (Å²) in [5.74, 6) is 1.30. The largest absolute Gasteiger partial charge is 0.337 e. The lowest BCUT2D eigenvalue weighted by molar-refractivity contribution is 0.0715. The Bertz CT molecular complexity index is 625. The van der Waals surface area contributed by atoms with Gasteiger partial charge in [0.15, 0.2) is 5.82 Å². The summed E-state index contributed by atoms with van der Waals surface area (Å²) in [4.78, 5) is 19.7. The minimum absolute atomic E-state index is 0.0563. The van der Waals surface area contributed by atoms with E-state index in [0.717, 1.165) is 24.3 Å². The van der Waals surface area contributed by atoms with Crippen LogP contribution in [0.3, 0.4) is 0 Å². The molecule has 0 aliphatic carbocycles. The van der Waals surface area contributed by atoms with Crippen molar-refractivity contribution in [2.24, 2.45) is 0 Å². The van der Waals surface area contributed by atoms with Crippen LogP contribution in [0.2, 0.25) is 0 Å². The summed E-state index contributed by atoms with van der Waals surface area (Å²) in [6.07, 6.45) is 2.55. The normalized spacial score (nSPS) is 19.5. The van der Waals surface area contributed by atoms with Crippen molar-refractivity contribution < 1.29 is 9.32 Å². The van der Waals surface area contributed by atoms with Crippen LogP contribution in [-0.2, 0) is 6.42 Å². The molecule has 1 fully saturated rings. The molecule has 0 radical (unpaired) electrons. The van der Waals surface area contributed by atoms with E-state index in [1.54, 1.807) is 0 Å². The van der Waals surface area contributed by atoms with Crippen LogP contribution in [0, 0.1) is 0 Å². The molecule has 0 spiro atoms. The summed E-state index contributed by atoms with van der Waals surface area (Å²) in [5, 5.41) is 9.12. The highest BCUT2D eigenvalue weighted by Gasteiger charge is 2.34. The van der Waals surface area contributed by atoms with Crippen molar-refractivity contribution >= 4 is 17.2 Å². The van der Waals surface area contributed by atoms with Crippen LogP contribution < -0.4 is 5.32 Å². The van der Waals surface area contributed by atoms with Crippen molar-refractivity contribution in [1.82, 2.24) is 20.4 Å². The third-order valence-corrected chi connectivity index (χ3v) is 4.85. The number of rotatable bonds is 5. The van der Waals surface area contributed by atoms with Crippen LogP contribution in [-0.4, -0.2) is 40.6 Å². The van der Waals surface area contributed by atoms with Crippen LogP contribution >= 0.6 is 11.3 Å². The Morgan fingerprint density at radius 3 is 3.23 bits per heavy atom. The molecule has 22 heavy (non-hydrogen) atoms. The monoisotopic (exact) mass is 320 g/mol. The average molecular weight is 320 g/mol. The SMILES string of the molecule is CNC(C)Cc1noc(C2CCCN2C(=O)c2cccs2)n1. The maximum atomic E-state index is 12.6. The Labute approximate surface area is 133 Å². The number of likely N-dealkylation sites (N-methyl/N-ethyl adjacent to an activating group) is 1. The molecule has 118 valence electrons. The van der Waals surface area contributed by atoms with Crippen molar-refractivity contribution in [3.63, 3.8) is 0 Å². The highest BCUT2D eigenvalue weighted by molar-refractivity contribution is 7.12. The number of nitrogens with one attached hydrogen (secondary N) is 1. The van der Waals surface area contributed by atoms with Crippen molar-refractivity contribution in [3.8, 4) is 0 Å². The van der Waals surface area contributed by atoms with E-state index in [1.165, 1.54) is 11.3 Å². The minimum Gasteiger partial charge on any atom is -0.337 e. The zero-order valence-corrected chi connectivity index (χ0v) is 13.6. The Morgan fingerprint density at radius 1 is 1.64 bits per heavy atom. The maximum Gasteiger partial charge on any atom is 0.264 e. The van der Waals surface area contributed by atoms with Crippen LogP contribution in [0.1, 0.15) is 47.2 Å². The first-order chi connectivity index (χ1) is 10.7. The second kappa shape index (κ2) is 6.58.